The van der Waals surface area contributed by atoms with E-state index in [-0.39, 0.29) is 24.5 Å². The van der Waals surface area contributed by atoms with Crippen molar-refractivity contribution in [3.63, 3.8) is 0 Å². The topological polar surface area (TPSA) is 80.2 Å². The average molecular weight is 333 g/mol. The number of amides is 2. The van der Waals surface area contributed by atoms with E-state index in [1.165, 1.54) is 6.92 Å². The van der Waals surface area contributed by atoms with Crippen molar-refractivity contribution in [3.05, 3.63) is 29.8 Å². The first-order valence-electron chi connectivity index (χ1n) is 7.89. The number of rotatable bonds is 5. The van der Waals surface area contributed by atoms with Crippen LogP contribution >= 0.6 is 0 Å². The van der Waals surface area contributed by atoms with Crippen LogP contribution in [0.3, 0.4) is 0 Å². The predicted molar refractivity (Wildman–Crippen MR) is 90.9 cm³/mol. The van der Waals surface area contributed by atoms with Gasteiger partial charge in [-0.3, -0.25) is 9.59 Å². The first-order valence-corrected chi connectivity index (χ1v) is 7.89. The molecule has 1 aromatic rings. The predicted octanol–water partition coefficient (Wildman–Crippen LogP) is 1.63. The van der Waals surface area contributed by atoms with Gasteiger partial charge in [0.1, 0.15) is 0 Å². The van der Waals surface area contributed by atoms with Crippen molar-refractivity contribution in [3.8, 4) is 0 Å². The average Bonchev–Trinajstić information content (AvgIpc) is 2.54. The van der Waals surface area contributed by atoms with E-state index in [2.05, 4.69) is 10.5 Å². The molecule has 1 fully saturated rings. The first kappa shape index (κ1) is 17.9. The summed E-state index contributed by atoms with van der Waals surface area (Å²) in [5.74, 6) is -0.213. The molecule has 0 aliphatic carbocycles. The van der Waals surface area contributed by atoms with Crippen molar-refractivity contribution in [2.24, 2.45) is 5.16 Å². The van der Waals surface area contributed by atoms with Crippen LogP contribution < -0.4 is 5.32 Å². The summed E-state index contributed by atoms with van der Waals surface area (Å²) in [6, 6.07) is 7.24. The van der Waals surface area contributed by atoms with Crippen molar-refractivity contribution >= 4 is 23.2 Å². The summed E-state index contributed by atoms with van der Waals surface area (Å²) in [5, 5.41) is 6.69. The Morgan fingerprint density at radius 2 is 2.04 bits per heavy atom. The van der Waals surface area contributed by atoms with E-state index in [4.69, 9.17) is 9.57 Å². The maximum Gasteiger partial charge on any atom is 0.263 e. The van der Waals surface area contributed by atoms with Gasteiger partial charge in [0.2, 0.25) is 5.91 Å². The van der Waals surface area contributed by atoms with Crippen molar-refractivity contribution in [2.75, 3.05) is 31.6 Å². The maximum atomic E-state index is 12.0. The highest BCUT2D eigenvalue weighted by Gasteiger charge is 2.21. The Bertz CT molecular complexity index is 613. The number of anilines is 1. The van der Waals surface area contributed by atoms with Crippen molar-refractivity contribution in [1.82, 2.24) is 4.90 Å². The minimum absolute atomic E-state index is 0.0510. The van der Waals surface area contributed by atoms with E-state index < -0.39 is 0 Å². The number of ether oxygens (including phenoxy) is 1. The number of oxime groups is 1. The molecule has 0 spiro atoms. The van der Waals surface area contributed by atoms with Gasteiger partial charge >= 0.3 is 0 Å². The molecule has 1 N–H and O–H groups in total. The van der Waals surface area contributed by atoms with E-state index in [1.54, 1.807) is 24.0 Å². The molecule has 7 nitrogen and oxygen atoms in total. The number of nitrogens with zero attached hydrogens (tertiary/aromatic N) is 2. The molecule has 0 saturated carbocycles. The lowest BCUT2D eigenvalue weighted by Gasteiger charge is -2.30. The molecule has 1 aliphatic rings. The SMILES string of the molecule is CC(=O)Nc1ccc(C(C)=NOCC(=O)N2CCOC(C)C2)cc1. The summed E-state index contributed by atoms with van der Waals surface area (Å²) < 4.78 is 5.40. The molecular weight excluding hydrogens is 310 g/mol. The van der Waals surface area contributed by atoms with Crippen molar-refractivity contribution in [1.29, 1.82) is 0 Å². The van der Waals surface area contributed by atoms with Gasteiger partial charge < -0.3 is 19.8 Å². The van der Waals surface area contributed by atoms with Crippen LogP contribution in [0.1, 0.15) is 26.3 Å². The summed E-state index contributed by atoms with van der Waals surface area (Å²) in [4.78, 5) is 29.9. The van der Waals surface area contributed by atoms with Gasteiger partial charge in [-0.25, -0.2) is 0 Å². The van der Waals surface area contributed by atoms with Gasteiger partial charge in [0.25, 0.3) is 5.91 Å². The standard InChI is InChI=1S/C17H23N3O4/c1-12-10-20(8-9-23-12)17(22)11-24-19-13(2)15-4-6-16(7-5-15)18-14(3)21/h4-7,12H,8-11H2,1-3H3,(H,18,21). The molecule has 24 heavy (non-hydrogen) atoms. The third-order valence-electron chi connectivity index (χ3n) is 3.61. The zero-order valence-corrected chi connectivity index (χ0v) is 14.2. The van der Waals surface area contributed by atoms with Crippen molar-refractivity contribution < 1.29 is 19.2 Å². The second-order valence-electron chi connectivity index (χ2n) is 5.73. The van der Waals surface area contributed by atoms with Crippen LogP contribution in [0.5, 0.6) is 0 Å². The lowest BCUT2D eigenvalue weighted by Crippen LogP contribution is -2.45. The molecular formula is C17H23N3O4. The maximum absolute atomic E-state index is 12.0. The van der Waals surface area contributed by atoms with E-state index in [9.17, 15) is 9.59 Å². The fourth-order valence-corrected chi connectivity index (χ4v) is 2.37. The Balaban J connectivity index is 1.84. The smallest absolute Gasteiger partial charge is 0.263 e. The number of hydrogen-bond donors (Lipinski definition) is 1. The number of morpholine rings is 1. The van der Waals surface area contributed by atoms with Crippen LogP contribution in [0.2, 0.25) is 0 Å². The third kappa shape index (κ3) is 5.34. The Morgan fingerprint density at radius 1 is 1.33 bits per heavy atom. The molecule has 7 heteroatoms. The Hall–Kier alpha value is -2.41. The van der Waals surface area contributed by atoms with E-state index in [1.807, 2.05) is 19.1 Å². The monoisotopic (exact) mass is 333 g/mol. The minimum atomic E-state index is -0.118. The van der Waals surface area contributed by atoms with Crippen LogP contribution in [0, 0.1) is 0 Å². The first-order chi connectivity index (χ1) is 11.5. The molecule has 130 valence electrons. The molecule has 1 saturated heterocycles. The van der Waals surface area contributed by atoms with Gasteiger partial charge in [-0.2, -0.15) is 0 Å². The number of nitrogens with one attached hydrogen (secondary N) is 1. The second-order valence-corrected chi connectivity index (χ2v) is 5.73. The number of carbonyl (C=O) groups excluding carboxylic acids is 2. The fourth-order valence-electron chi connectivity index (χ4n) is 2.37. The second kappa shape index (κ2) is 8.44. The molecule has 0 aromatic heterocycles. The normalized spacial score (nSPS) is 18.2. The van der Waals surface area contributed by atoms with Crippen LogP contribution in [0.4, 0.5) is 5.69 Å². The van der Waals surface area contributed by atoms with Gasteiger partial charge in [-0.05, 0) is 31.5 Å². The molecule has 0 bridgehead atoms. The lowest BCUT2D eigenvalue weighted by atomic mass is 10.1. The highest BCUT2D eigenvalue weighted by Crippen LogP contribution is 2.11. The summed E-state index contributed by atoms with van der Waals surface area (Å²) in [7, 11) is 0. The van der Waals surface area contributed by atoms with Crippen LogP contribution in [0.25, 0.3) is 0 Å². The van der Waals surface area contributed by atoms with E-state index in [0.29, 0.717) is 25.4 Å². The summed E-state index contributed by atoms with van der Waals surface area (Å²) in [6.07, 6.45) is 0.0510. The fraction of sp³-hybridized carbons (Fsp3) is 0.471. The largest absolute Gasteiger partial charge is 0.385 e. The molecule has 1 aromatic carbocycles. The third-order valence-corrected chi connectivity index (χ3v) is 3.61. The highest BCUT2D eigenvalue weighted by atomic mass is 16.6. The quantitative estimate of drug-likeness (QED) is 0.656. The van der Waals surface area contributed by atoms with E-state index >= 15 is 0 Å². The van der Waals surface area contributed by atoms with Gasteiger partial charge in [-0.15, -0.1) is 0 Å². The Kier molecular flexibility index (Phi) is 6.31. The summed E-state index contributed by atoms with van der Waals surface area (Å²) in [6.45, 7) is 6.82. The highest BCUT2D eigenvalue weighted by molar-refractivity contribution is 5.99. The molecule has 1 heterocycles. The summed E-state index contributed by atoms with van der Waals surface area (Å²) >= 11 is 0. The van der Waals surface area contributed by atoms with Gasteiger partial charge in [0, 0.05) is 25.7 Å². The number of hydrogen-bond acceptors (Lipinski definition) is 5. The molecule has 2 amide bonds. The van der Waals surface area contributed by atoms with E-state index in [0.717, 1.165) is 11.3 Å². The van der Waals surface area contributed by atoms with Crippen LogP contribution in [0.15, 0.2) is 29.4 Å². The minimum Gasteiger partial charge on any atom is -0.385 e. The molecule has 1 aliphatic heterocycles. The van der Waals surface area contributed by atoms with Crippen molar-refractivity contribution in [2.45, 2.75) is 26.9 Å². The van der Waals surface area contributed by atoms with Crippen LogP contribution in [-0.4, -0.2) is 54.8 Å². The van der Waals surface area contributed by atoms with Gasteiger partial charge in [0.15, 0.2) is 6.61 Å². The number of benzene rings is 1. The molecule has 1 atom stereocenters. The Labute approximate surface area is 141 Å². The molecule has 0 radical (unpaired) electrons. The molecule has 1 unspecified atom stereocenters. The summed E-state index contributed by atoms with van der Waals surface area (Å²) in [5.41, 5.74) is 2.24. The molecule has 2 rings (SSSR count). The van der Waals surface area contributed by atoms with Crippen LogP contribution in [-0.2, 0) is 19.2 Å². The lowest BCUT2D eigenvalue weighted by molar-refractivity contribution is -0.142. The zero-order valence-electron chi connectivity index (χ0n) is 14.2. The number of carbonyl (C=O) groups is 2. The van der Waals surface area contributed by atoms with Gasteiger partial charge in [-0.1, -0.05) is 17.3 Å². The zero-order chi connectivity index (χ0) is 17.5. The van der Waals surface area contributed by atoms with Gasteiger partial charge in [0.05, 0.1) is 18.4 Å². The Morgan fingerprint density at radius 3 is 2.67 bits per heavy atom.